The SMILES string of the molecule is CC(C)n1nccc1[C@@H]1CN(Cc2ccco2)C[C@]12CCCN(C)C2=O. The van der Waals surface area contributed by atoms with E-state index in [0.717, 1.165) is 44.8 Å². The van der Waals surface area contributed by atoms with Crippen molar-refractivity contribution in [1.29, 1.82) is 0 Å². The highest BCUT2D eigenvalue weighted by atomic mass is 16.3. The van der Waals surface area contributed by atoms with Gasteiger partial charge in [0, 0.05) is 50.5 Å². The number of aromatic nitrogens is 2. The molecule has 26 heavy (non-hydrogen) atoms. The minimum atomic E-state index is -0.355. The maximum atomic E-state index is 13.3. The van der Waals surface area contributed by atoms with E-state index in [9.17, 15) is 4.79 Å². The molecule has 4 heterocycles. The van der Waals surface area contributed by atoms with Crippen LogP contribution in [0, 0.1) is 5.41 Å². The average molecular weight is 356 g/mol. The van der Waals surface area contributed by atoms with Crippen LogP contribution >= 0.6 is 0 Å². The molecule has 2 aromatic rings. The van der Waals surface area contributed by atoms with Gasteiger partial charge in [0.1, 0.15) is 5.76 Å². The molecule has 1 spiro atoms. The van der Waals surface area contributed by atoms with E-state index < -0.39 is 0 Å². The smallest absolute Gasteiger partial charge is 0.230 e. The number of amides is 1. The third-order valence-corrected chi connectivity index (χ3v) is 6.01. The second-order valence-electron chi connectivity index (χ2n) is 8.08. The van der Waals surface area contributed by atoms with Crippen LogP contribution in [0.1, 0.15) is 50.1 Å². The molecule has 0 aliphatic carbocycles. The first kappa shape index (κ1) is 17.3. The molecule has 2 saturated heterocycles. The zero-order chi connectivity index (χ0) is 18.3. The Hall–Kier alpha value is -2.08. The molecule has 6 heteroatoms. The molecule has 2 atom stereocenters. The zero-order valence-corrected chi connectivity index (χ0v) is 15.9. The number of carbonyl (C=O) groups is 1. The van der Waals surface area contributed by atoms with Gasteiger partial charge in [0.25, 0.3) is 0 Å². The first-order valence-corrected chi connectivity index (χ1v) is 9.55. The highest BCUT2D eigenvalue weighted by Crippen LogP contribution is 2.49. The molecule has 2 aliphatic rings. The molecule has 6 nitrogen and oxygen atoms in total. The van der Waals surface area contributed by atoms with Crippen molar-refractivity contribution in [3.05, 3.63) is 42.1 Å². The van der Waals surface area contributed by atoms with Crippen molar-refractivity contribution in [2.45, 2.75) is 45.2 Å². The molecule has 0 aromatic carbocycles. The topological polar surface area (TPSA) is 54.5 Å². The molecule has 4 rings (SSSR count). The number of furan rings is 1. The molecular weight excluding hydrogens is 328 g/mol. The molecule has 0 radical (unpaired) electrons. The fourth-order valence-electron chi connectivity index (χ4n) is 4.85. The molecule has 2 fully saturated rings. The lowest BCUT2D eigenvalue weighted by Crippen LogP contribution is -2.50. The summed E-state index contributed by atoms with van der Waals surface area (Å²) in [5.41, 5.74) is 0.831. The van der Waals surface area contributed by atoms with Crippen molar-refractivity contribution in [3.8, 4) is 0 Å². The average Bonchev–Trinajstić information content (AvgIpc) is 3.32. The number of rotatable bonds is 4. The first-order chi connectivity index (χ1) is 12.5. The molecule has 1 amide bonds. The van der Waals surface area contributed by atoms with Crippen molar-refractivity contribution >= 4 is 5.91 Å². The van der Waals surface area contributed by atoms with Crippen LogP contribution in [0.25, 0.3) is 0 Å². The summed E-state index contributed by atoms with van der Waals surface area (Å²) >= 11 is 0. The molecule has 0 saturated carbocycles. The Labute approximate surface area is 154 Å². The monoisotopic (exact) mass is 356 g/mol. The van der Waals surface area contributed by atoms with Gasteiger partial charge in [-0.1, -0.05) is 0 Å². The van der Waals surface area contributed by atoms with Gasteiger partial charge >= 0.3 is 0 Å². The minimum absolute atomic E-state index is 0.164. The summed E-state index contributed by atoms with van der Waals surface area (Å²) in [6.07, 6.45) is 5.59. The molecule has 2 aliphatic heterocycles. The second-order valence-corrected chi connectivity index (χ2v) is 8.08. The quantitative estimate of drug-likeness (QED) is 0.845. The van der Waals surface area contributed by atoms with E-state index in [4.69, 9.17) is 4.42 Å². The van der Waals surface area contributed by atoms with E-state index in [1.165, 1.54) is 5.69 Å². The number of likely N-dealkylation sites (tertiary alicyclic amines) is 2. The lowest BCUT2D eigenvalue weighted by atomic mass is 9.70. The standard InChI is InChI=1S/C20H28N4O2/c1-15(2)24-18(7-9-21-24)17-13-23(12-16-6-4-11-26-16)14-20(17)8-5-10-22(3)19(20)25/h4,6-7,9,11,15,17H,5,8,10,12-14H2,1-3H3/t17-,20+/m0/s1. The fraction of sp³-hybridized carbons (Fsp3) is 0.600. The zero-order valence-electron chi connectivity index (χ0n) is 15.9. The number of carbonyl (C=O) groups excluding carboxylic acids is 1. The van der Waals surface area contributed by atoms with Crippen molar-refractivity contribution in [2.75, 3.05) is 26.7 Å². The highest BCUT2D eigenvalue weighted by Gasteiger charge is 2.55. The summed E-state index contributed by atoms with van der Waals surface area (Å²) in [5, 5.41) is 4.54. The van der Waals surface area contributed by atoms with Gasteiger partial charge in [-0.2, -0.15) is 5.10 Å². The summed E-state index contributed by atoms with van der Waals surface area (Å²) in [6.45, 7) is 7.54. The Balaban J connectivity index is 1.70. The number of hydrogen-bond donors (Lipinski definition) is 0. The summed E-state index contributed by atoms with van der Waals surface area (Å²) in [4.78, 5) is 17.6. The summed E-state index contributed by atoms with van der Waals surface area (Å²) in [6, 6.07) is 6.32. The molecular formula is C20H28N4O2. The lowest BCUT2D eigenvalue weighted by molar-refractivity contribution is -0.145. The Morgan fingerprint density at radius 1 is 1.38 bits per heavy atom. The maximum absolute atomic E-state index is 13.3. The third-order valence-electron chi connectivity index (χ3n) is 6.01. The maximum Gasteiger partial charge on any atom is 0.230 e. The van der Waals surface area contributed by atoms with Gasteiger partial charge in [-0.05, 0) is 44.9 Å². The summed E-state index contributed by atoms with van der Waals surface area (Å²) in [7, 11) is 1.94. The van der Waals surface area contributed by atoms with Crippen LogP contribution in [0.2, 0.25) is 0 Å². The van der Waals surface area contributed by atoms with Crippen LogP contribution in [-0.2, 0) is 11.3 Å². The summed E-state index contributed by atoms with van der Waals surface area (Å²) in [5.74, 6) is 1.40. The van der Waals surface area contributed by atoms with Gasteiger partial charge in [0.15, 0.2) is 0 Å². The number of piperidine rings is 1. The van der Waals surface area contributed by atoms with Gasteiger partial charge < -0.3 is 9.32 Å². The summed E-state index contributed by atoms with van der Waals surface area (Å²) < 4.78 is 7.64. The van der Waals surface area contributed by atoms with Crippen LogP contribution in [0.3, 0.4) is 0 Å². The Bertz CT molecular complexity index is 767. The van der Waals surface area contributed by atoms with Crippen LogP contribution in [-0.4, -0.2) is 52.2 Å². The third kappa shape index (κ3) is 2.76. The fourth-order valence-corrected chi connectivity index (χ4v) is 4.85. The van der Waals surface area contributed by atoms with E-state index in [1.807, 2.05) is 30.3 Å². The predicted molar refractivity (Wildman–Crippen MR) is 98.6 cm³/mol. The van der Waals surface area contributed by atoms with Crippen LogP contribution in [0.5, 0.6) is 0 Å². The second kappa shape index (κ2) is 6.58. The van der Waals surface area contributed by atoms with E-state index >= 15 is 0 Å². The molecule has 2 aromatic heterocycles. The molecule has 0 unspecified atom stereocenters. The predicted octanol–water partition coefficient (Wildman–Crippen LogP) is 2.90. The number of hydrogen-bond acceptors (Lipinski definition) is 4. The normalized spacial score (nSPS) is 27.2. The Morgan fingerprint density at radius 2 is 2.23 bits per heavy atom. The minimum Gasteiger partial charge on any atom is -0.468 e. The van der Waals surface area contributed by atoms with Gasteiger partial charge in [0.2, 0.25) is 5.91 Å². The van der Waals surface area contributed by atoms with E-state index in [0.29, 0.717) is 0 Å². The number of nitrogens with zero attached hydrogens (tertiary/aromatic N) is 4. The van der Waals surface area contributed by atoms with Gasteiger partial charge in [0.05, 0.1) is 18.2 Å². The van der Waals surface area contributed by atoms with Crippen molar-refractivity contribution in [3.63, 3.8) is 0 Å². The van der Waals surface area contributed by atoms with E-state index in [-0.39, 0.29) is 23.3 Å². The molecule has 0 bridgehead atoms. The van der Waals surface area contributed by atoms with Gasteiger partial charge in [-0.3, -0.25) is 14.4 Å². The molecule has 140 valence electrons. The van der Waals surface area contributed by atoms with E-state index in [1.54, 1.807) is 6.26 Å². The van der Waals surface area contributed by atoms with Gasteiger partial charge in [-0.25, -0.2) is 0 Å². The van der Waals surface area contributed by atoms with Crippen LogP contribution in [0.4, 0.5) is 0 Å². The van der Waals surface area contributed by atoms with Crippen LogP contribution in [0.15, 0.2) is 35.1 Å². The molecule has 0 N–H and O–H groups in total. The lowest BCUT2D eigenvalue weighted by Gasteiger charge is -2.41. The van der Waals surface area contributed by atoms with E-state index in [2.05, 4.69) is 34.6 Å². The highest BCUT2D eigenvalue weighted by molar-refractivity contribution is 5.85. The first-order valence-electron chi connectivity index (χ1n) is 9.55. The van der Waals surface area contributed by atoms with Gasteiger partial charge in [-0.15, -0.1) is 0 Å². The van der Waals surface area contributed by atoms with Crippen LogP contribution < -0.4 is 0 Å². The van der Waals surface area contributed by atoms with Crippen molar-refractivity contribution < 1.29 is 9.21 Å². The Kier molecular flexibility index (Phi) is 4.39. The van der Waals surface area contributed by atoms with Crippen molar-refractivity contribution in [2.24, 2.45) is 5.41 Å². The largest absolute Gasteiger partial charge is 0.468 e. The van der Waals surface area contributed by atoms with Crippen molar-refractivity contribution in [1.82, 2.24) is 19.6 Å². The Morgan fingerprint density at radius 3 is 2.96 bits per heavy atom.